The first-order valence-electron chi connectivity index (χ1n) is 6.83. The number of phenols is 2. The highest BCUT2D eigenvalue weighted by Gasteiger charge is 2.24. The van der Waals surface area contributed by atoms with Gasteiger partial charge in [0.2, 0.25) is 0 Å². The van der Waals surface area contributed by atoms with E-state index in [9.17, 15) is 15.0 Å². The number of phenolic OH excluding ortho intramolecular Hbond substituents is 2. The van der Waals surface area contributed by atoms with E-state index in [0.717, 1.165) is 23.2 Å². The first-order chi connectivity index (χ1) is 10.6. The predicted molar refractivity (Wildman–Crippen MR) is 87.1 cm³/mol. The molecule has 3 rings (SSSR count). The lowest BCUT2D eigenvalue weighted by atomic mass is 10.0. The van der Waals surface area contributed by atoms with E-state index < -0.39 is 0 Å². The molecule has 0 unspecified atom stereocenters. The molecule has 0 atom stereocenters. The third-order valence-corrected chi connectivity index (χ3v) is 3.75. The van der Waals surface area contributed by atoms with Crippen LogP contribution in [0, 0.1) is 0 Å². The summed E-state index contributed by atoms with van der Waals surface area (Å²) in [5.41, 5.74) is 3.53. The van der Waals surface area contributed by atoms with Gasteiger partial charge in [-0.2, -0.15) is 0 Å². The van der Waals surface area contributed by atoms with E-state index in [1.54, 1.807) is 12.1 Å². The molecule has 0 spiro atoms. The van der Waals surface area contributed by atoms with Gasteiger partial charge in [-0.15, -0.1) is 11.6 Å². The molecule has 0 aliphatic carbocycles. The molecule has 1 aliphatic heterocycles. The van der Waals surface area contributed by atoms with Crippen molar-refractivity contribution in [2.75, 3.05) is 11.2 Å². The molecule has 1 heterocycles. The van der Waals surface area contributed by atoms with Crippen molar-refractivity contribution in [1.82, 2.24) is 0 Å². The zero-order chi connectivity index (χ0) is 15.7. The zero-order valence-corrected chi connectivity index (χ0v) is 12.4. The number of rotatable bonds is 3. The number of hydrogen-bond acceptors (Lipinski definition) is 3. The number of amides is 1. The maximum atomic E-state index is 12.1. The lowest BCUT2D eigenvalue weighted by molar-refractivity contribution is -0.110. The monoisotopic (exact) mass is 315 g/mol. The molecule has 5 heteroatoms. The molecule has 2 aromatic rings. The van der Waals surface area contributed by atoms with Crippen LogP contribution < -0.4 is 5.32 Å². The van der Waals surface area contributed by atoms with Crippen molar-refractivity contribution in [2.24, 2.45) is 0 Å². The fourth-order valence-electron chi connectivity index (χ4n) is 2.45. The van der Waals surface area contributed by atoms with Crippen LogP contribution in [-0.2, 0) is 11.2 Å². The number of alkyl halides is 1. The van der Waals surface area contributed by atoms with Crippen molar-refractivity contribution < 1.29 is 15.0 Å². The third-order valence-electron chi connectivity index (χ3n) is 3.56. The first kappa shape index (κ1) is 14.5. The van der Waals surface area contributed by atoms with Crippen LogP contribution in [0.3, 0.4) is 0 Å². The summed E-state index contributed by atoms with van der Waals surface area (Å²) in [5.74, 6) is 0.189. The highest BCUT2D eigenvalue weighted by Crippen LogP contribution is 2.35. The van der Waals surface area contributed by atoms with Crippen molar-refractivity contribution >= 4 is 34.8 Å². The maximum absolute atomic E-state index is 12.1. The van der Waals surface area contributed by atoms with Crippen LogP contribution in [0.1, 0.15) is 16.7 Å². The average Bonchev–Trinajstić information content (AvgIpc) is 2.78. The Morgan fingerprint density at radius 2 is 1.95 bits per heavy atom. The van der Waals surface area contributed by atoms with E-state index >= 15 is 0 Å². The number of hydrogen-bond donors (Lipinski definition) is 3. The Labute approximate surface area is 132 Å². The summed E-state index contributed by atoms with van der Waals surface area (Å²) in [4.78, 5) is 12.1. The Kier molecular flexibility index (Phi) is 3.77. The van der Waals surface area contributed by atoms with Crippen molar-refractivity contribution in [2.45, 2.75) is 6.42 Å². The van der Waals surface area contributed by atoms with Gasteiger partial charge in [-0.25, -0.2) is 0 Å². The van der Waals surface area contributed by atoms with Crippen LogP contribution in [0.2, 0.25) is 0 Å². The van der Waals surface area contributed by atoms with Crippen molar-refractivity contribution in [3.8, 4) is 11.5 Å². The highest BCUT2D eigenvalue weighted by molar-refractivity contribution is 6.35. The molecule has 4 nitrogen and oxygen atoms in total. The lowest BCUT2D eigenvalue weighted by Gasteiger charge is -2.04. The van der Waals surface area contributed by atoms with Crippen molar-refractivity contribution in [3.05, 3.63) is 53.1 Å². The van der Waals surface area contributed by atoms with E-state index in [-0.39, 0.29) is 17.4 Å². The van der Waals surface area contributed by atoms with E-state index in [0.29, 0.717) is 17.0 Å². The van der Waals surface area contributed by atoms with Gasteiger partial charge < -0.3 is 15.5 Å². The van der Waals surface area contributed by atoms with Crippen molar-refractivity contribution in [3.63, 3.8) is 0 Å². The number of nitrogens with one attached hydrogen (secondary N) is 1. The first-order valence-corrected chi connectivity index (χ1v) is 7.36. The fourth-order valence-corrected chi connectivity index (χ4v) is 2.67. The summed E-state index contributed by atoms with van der Waals surface area (Å²) in [7, 11) is 0. The van der Waals surface area contributed by atoms with Crippen LogP contribution in [0.5, 0.6) is 11.5 Å². The molecular formula is C17H14ClNO3. The molecule has 22 heavy (non-hydrogen) atoms. The largest absolute Gasteiger partial charge is 0.508 e. The molecule has 0 radical (unpaired) electrons. The summed E-state index contributed by atoms with van der Waals surface area (Å²) in [6.45, 7) is 0. The number of benzene rings is 2. The van der Waals surface area contributed by atoms with E-state index in [1.165, 1.54) is 12.1 Å². The Morgan fingerprint density at radius 1 is 1.14 bits per heavy atom. The second-order valence-corrected chi connectivity index (χ2v) is 5.45. The summed E-state index contributed by atoms with van der Waals surface area (Å²) in [6, 6.07) is 9.98. The highest BCUT2D eigenvalue weighted by atomic mass is 35.5. The smallest absolute Gasteiger partial charge is 0.256 e. The number of carbonyl (C=O) groups excluding carboxylic acids is 1. The number of halogens is 1. The predicted octanol–water partition coefficient (Wildman–Crippen LogP) is 3.37. The van der Waals surface area contributed by atoms with E-state index in [1.807, 2.05) is 18.2 Å². The molecule has 0 aromatic heterocycles. The minimum absolute atomic E-state index is 0.0275. The minimum atomic E-state index is -0.217. The second kappa shape index (κ2) is 5.73. The van der Waals surface area contributed by atoms with E-state index in [2.05, 4.69) is 5.32 Å². The standard InChI is InChI=1S/C17H14ClNO3/c18-6-5-10-1-4-15-13(7-10)14(17(22)19-15)8-11-2-3-12(20)9-16(11)21/h1-4,7-9,20-21H,5-6H2,(H,19,22). The molecule has 1 aliphatic rings. The molecule has 0 fully saturated rings. The quantitative estimate of drug-likeness (QED) is 0.601. The van der Waals surface area contributed by atoms with E-state index in [4.69, 9.17) is 11.6 Å². The van der Waals surface area contributed by atoms with Crippen LogP contribution in [0.4, 0.5) is 5.69 Å². The van der Waals surface area contributed by atoms with Gasteiger partial charge >= 0.3 is 0 Å². The van der Waals surface area contributed by atoms with Gasteiger partial charge in [0.15, 0.2) is 0 Å². The Hall–Kier alpha value is -2.46. The number of aryl methyl sites for hydroxylation is 1. The molecule has 3 N–H and O–H groups in total. The van der Waals surface area contributed by atoms with Crippen LogP contribution >= 0.6 is 11.6 Å². The summed E-state index contributed by atoms with van der Waals surface area (Å²) < 4.78 is 0. The van der Waals surface area contributed by atoms with Crippen LogP contribution in [0.15, 0.2) is 36.4 Å². The molecule has 2 aromatic carbocycles. The number of aromatic hydroxyl groups is 2. The summed E-state index contributed by atoms with van der Waals surface area (Å²) in [6.07, 6.45) is 2.33. The minimum Gasteiger partial charge on any atom is -0.508 e. The second-order valence-electron chi connectivity index (χ2n) is 5.07. The Morgan fingerprint density at radius 3 is 2.68 bits per heavy atom. The number of carbonyl (C=O) groups is 1. The SMILES string of the molecule is O=C1Nc2ccc(CCCl)cc2C1=Cc1ccc(O)cc1O. The fraction of sp³-hybridized carbons (Fsp3) is 0.118. The summed E-state index contributed by atoms with van der Waals surface area (Å²) >= 11 is 5.76. The zero-order valence-electron chi connectivity index (χ0n) is 11.6. The van der Waals surface area contributed by atoms with Gasteiger partial charge in [0.1, 0.15) is 11.5 Å². The number of anilines is 1. The van der Waals surface area contributed by atoms with Gasteiger partial charge in [-0.05, 0) is 42.3 Å². The Bertz CT molecular complexity index is 783. The van der Waals surface area contributed by atoms with Gasteiger partial charge in [0.25, 0.3) is 5.91 Å². The third kappa shape index (κ3) is 2.65. The Balaban J connectivity index is 2.07. The molecule has 0 bridgehead atoms. The molecule has 0 saturated carbocycles. The van der Waals surface area contributed by atoms with Crippen LogP contribution in [-0.4, -0.2) is 22.0 Å². The normalized spacial score (nSPS) is 15.0. The number of fused-ring (bicyclic) bond motifs is 1. The average molecular weight is 316 g/mol. The van der Waals surface area contributed by atoms with Crippen LogP contribution in [0.25, 0.3) is 11.6 Å². The molecule has 112 valence electrons. The molecule has 1 amide bonds. The van der Waals surface area contributed by atoms with Gasteiger partial charge in [-0.3, -0.25) is 4.79 Å². The van der Waals surface area contributed by atoms with Gasteiger partial charge in [0, 0.05) is 34.3 Å². The maximum Gasteiger partial charge on any atom is 0.256 e. The van der Waals surface area contributed by atoms with Crippen molar-refractivity contribution in [1.29, 1.82) is 0 Å². The van der Waals surface area contributed by atoms with Gasteiger partial charge in [-0.1, -0.05) is 6.07 Å². The topological polar surface area (TPSA) is 69.6 Å². The molecular weight excluding hydrogens is 302 g/mol. The molecule has 0 saturated heterocycles. The lowest BCUT2D eigenvalue weighted by Crippen LogP contribution is -2.03. The van der Waals surface area contributed by atoms with Gasteiger partial charge in [0.05, 0.1) is 0 Å². The summed E-state index contributed by atoms with van der Waals surface area (Å²) in [5, 5.41) is 22.0.